The number of amides is 2. The first-order valence-electron chi connectivity index (χ1n) is 11.3. The fraction of sp³-hybridized carbons (Fsp3) is 0.179. The lowest BCUT2D eigenvalue weighted by atomic mass is 9.99. The molecule has 1 atom stereocenters. The van der Waals surface area contributed by atoms with E-state index in [-0.39, 0.29) is 18.1 Å². The van der Waals surface area contributed by atoms with Gasteiger partial charge in [0.05, 0.1) is 7.11 Å². The molecule has 0 radical (unpaired) electrons. The minimum atomic E-state index is -1.15. The van der Waals surface area contributed by atoms with Crippen LogP contribution in [0.1, 0.15) is 26.5 Å². The number of ether oxygens (including phenoxy) is 1. The predicted molar refractivity (Wildman–Crippen MR) is 135 cm³/mol. The molecule has 0 aliphatic carbocycles. The number of fused-ring (bicyclic) bond motifs is 1. The normalized spacial score (nSPS) is 11.6. The van der Waals surface area contributed by atoms with Gasteiger partial charge in [-0.1, -0.05) is 36.4 Å². The summed E-state index contributed by atoms with van der Waals surface area (Å²) >= 11 is 0. The predicted octanol–water partition coefficient (Wildman–Crippen LogP) is 4.24. The van der Waals surface area contributed by atoms with Crippen LogP contribution in [0.5, 0.6) is 5.75 Å². The number of carboxylic acids is 1. The minimum absolute atomic E-state index is 0.0204. The maximum Gasteiger partial charge on any atom is 0.326 e. The summed E-state index contributed by atoms with van der Waals surface area (Å²) in [5, 5.41) is 12.9. The number of hydrogen-bond donors (Lipinski definition) is 2. The molecule has 0 bridgehead atoms. The molecule has 0 aliphatic rings. The van der Waals surface area contributed by atoms with Gasteiger partial charge in [-0.2, -0.15) is 0 Å². The maximum atomic E-state index is 12.7. The molecule has 0 saturated heterocycles. The first-order chi connectivity index (χ1) is 17.2. The van der Waals surface area contributed by atoms with Gasteiger partial charge in [0.2, 0.25) is 0 Å². The van der Waals surface area contributed by atoms with Crippen molar-refractivity contribution in [3.05, 3.63) is 89.7 Å². The molecule has 0 unspecified atom stereocenters. The molecule has 8 nitrogen and oxygen atoms in total. The van der Waals surface area contributed by atoms with Crippen molar-refractivity contribution in [1.29, 1.82) is 0 Å². The molecular weight excluding hydrogens is 460 g/mol. The molecule has 8 heteroatoms. The lowest BCUT2D eigenvalue weighted by molar-refractivity contribution is -0.139. The Labute approximate surface area is 208 Å². The van der Waals surface area contributed by atoms with Gasteiger partial charge in [-0.15, -0.1) is 0 Å². The number of aliphatic carboxylic acids is 1. The number of carbonyl (C=O) groups is 3. The quantitative estimate of drug-likeness (QED) is 0.386. The number of benzene rings is 3. The highest BCUT2D eigenvalue weighted by Crippen LogP contribution is 2.25. The third-order valence-electron chi connectivity index (χ3n) is 5.79. The van der Waals surface area contributed by atoms with Gasteiger partial charge in [0.15, 0.2) is 5.76 Å². The lowest BCUT2D eigenvalue weighted by Gasteiger charge is -2.14. The Bertz CT molecular complexity index is 1420. The summed E-state index contributed by atoms with van der Waals surface area (Å²) < 4.78 is 10.8. The highest BCUT2D eigenvalue weighted by molar-refractivity contribution is 5.98. The van der Waals surface area contributed by atoms with Crippen LogP contribution in [0.3, 0.4) is 0 Å². The third kappa shape index (κ3) is 5.38. The highest BCUT2D eigenvalue weighted by Gasteiger charge is 2.23. The Kier molecular flexibility index (Phi) is 7.05. The molecular formula is C28H26N2O6. The molecule has 1 heterocycles. The van der Waals surface area contributed by atoms with Crippen molar-refractivity contribution in [3.8, 4) is 16.9 Å². The monoisotopic (exact) mass is 486 g/mol. The summed E-state index contributed by atoms with van der Waals surface area (Å²) in [6, 6.07) is 20.2. The van der Waals surface area contributed by atoms with Gasteiger partial charge < -0.3 is 24.5 Å². The smallest absolute Gasteiger partial charge is 0.326 e. The third-order valence-corrected chi connectivity index (χ3v) is 5.79. The second kappa shape index (κ2) is 10.4. The van der Waals surface area contributed by atoms with E-state index < -0.39 is 17.9 Å². The number of methoxy groups -OCH3 is 1. The van der Waals surface area contributed by atoms with E-state index in [2.05, 4.69) is 5.32 Å². The summed E-state index contributed by atoms with van der Waals surface area (Å²) in [6.45, 7) is 0. The van der Waals surface area contributed by atoms with Gasteiger partial charge in [0.1, 0.15) is 17.4 Å². The fourth-order valence-electron chi connectivity index (χ4n) is 3.85. The molecule has 0 fully saturated rings. The van der Waals surface area contributed by atoms with Crippen LogP contribution < -0.4 is 10.1 Å². The molecule has 2 amide bonds. The number of carboxylic acid groups (broad SMARTS) is 1. The number of rotatable bonds is 8. The van der Waals surface area contributed by atoms with E-state index in [4.69, 9.17) is 9.15 Å². The first-order valence-corrected chi connectivity index (χ1v) is 11.3. The van der Waals surface area contributed by atoms with E-state index >= 15 is 0 Å². The Morgan fingerprint density at radius 1 is 0.972 bits per heavy atom. The molecule has 36 heavy (non-hydrogen) atoms. The Morgan fingerprint density at radius 2 is 1.72 bits per heavy atom. The summed E-state index contributed by atoms with van der Waals surface area (Å²) in [5.41, 5.74) is 3.58. The van der Waals surface area contributed by atoms with Gasteiger partial charge in [0.25, 0.3) is 11.8 Å². The first kappa shape index (κ1) is 24.5. The van der Waals surface area contributed by atoms with Crippen LogP contribution in [0.4, 0.5) is 0 Å². The molecule has 0 saturated carbocycles. The zero-order valence-electron chi connectivity index (χ0n) is 20.1. The van der Waals surface area contributed by atoms with E-state index in [0.29, 0.717) is 22.3 Å². The van der Waals surface area contributed by atoms with Crippen LogP contribution >= 0.6 is 0 Å². The van der Waals surface area contributed by atoms with Crippen LogP contribution in [0.2, 0.25) is 0 Å². The number of furan rings is 1. The van der Waals surface area contributed by atoms with Crippen LogP contribution in [0.25, 0.3) is 22.1 Å². The van der Waals surface area contributed by atoms with E-state index in [1.54, 1.807) is 51.5 Å². The van der Waals surface area contributed by atoms with Crippen molar-refractivity contribution in [1.82, 2.24) is 10.2 Å². The van der Waals surface area contributed by atoms with Gasteiger partial charge in [-0.3, -0.25) is 9.59 Å². The Balaban J connectivity index is 1.47. The number of carbonyl (C=O) groups excluding carboxylic acids is 2. The van der Waals surface area contributed by atoms with Gasteiger partial charge in [-0.25, -0.2) is 4.79 Å². The minimum Gasteiger partial charge on any atom is -0.497 e. The average molecular weight is 487 g/mol. The number of hydrogen-bond acceptors (Lipinski definition) is 5. The molecule has 0 spiro atoms. The van der Waals surface area contributed by atoms with Crippen LogP contribution in [0.15, 0.2) is 77.2 Å². The second-order valence-electron chi connectivity index (χ2n) is 8.56. The van der Waals surface area contributed by atoms with E-state index in [1.165, 1.54) is 4.90 Å². The lowest BCUT2D eigenvalue weighted by Crippen LogP contribution is -2.42. The number of nitrogens with zero attached hydrogens (tertiary/aromatic N) is 1. The van der Waals surface area contributed by atoms with Crippen molar-refractivity contribution < 1.29 is 28.6 Å². The van der Waals surface area contributed by atoms with Crippen molar-refractivity contribution in [2.75, 3.05) is 21.2 Å². The van der Waals surface area contributed by atoms with Crippen molar-refractivity contribution in [2.45, 2.75) is 12.5 Å². The second-order valence-corrected chi connectivity index (χ2v) is 8.56. The maximum absolute atomic E-state index is 12.7. The zero-order chi connectivity index (χ0) is 25.8. The van der Waals surface area contributed by atoms with Crippen molar-refractivity contribution in [3.63, 3.8) is 0 Å². The highest BCUT2D eigenvalue weighted by atomic mass is 16.5. The Hall–Kier alpha value is -4.59. The van der Waals surface area contributed by atoms with Gasteiger partial charge in [-0.05, 0) is 53.1 Å². The summed E-state index contributed by atoms with van der Waals surface area (Å²) in [7, 11) is 4.95. The van der Waals surface area contributed by atoms with E-state index in [1.807, 2.05) is 42.5 Å². The van der Waals surface area contributed by atoms with Crippen LogP contribution in [-0.4, -0.2) is 55.0 Å². The van der Waals surface area contributed by atoms with E-state index in [0.717, 1.165) is 16.7 Å². The molecule has 4 aromatic rings. The zero-order valence-corrected chi connectivity index (χ0v) is 20.1. The van der Waals surface area contributed by atoms with Crippen LogP contribution in [-0.2, 0) is 11.2 Å². The molecule has 2 N–H and O–H groups in total. The number of nitrogens with one attached hydrogen (secondary N) is 1. The van der Waals surface area contributed by atoms with Crippen LogP contribution in [0, 0.1) is 0 Å². The average Bonchev–Trinajstić information content (AvgIpc) is 3.31. The van der Waals surface area contributed by atoms with E-state index in [9.17, 15) is 19.5 Å². The molecule has 0 aliphatic heterocycles. The Morgan fingerprint density at radius 3 is 2.39 bits per heavy atom. The topological polar surface area (TPSA) is 109 Å². The van der Waals surface area contributed by atoms with Gasteiger partial charge >= 0.3 is 5.97 Å². The largest absolute Gasteiger partial charge is 0.497 e. The SMILES string of the molecule is COc1ccc2oc(C(=O)N[C@@H](Cc3ccc(-c4cccc(C(=O)N(C)C)c4)cc3)C(=O)O)cc2c1. The molecule has 3 aromatic carbocycles. The summed E-state index contributed by atoms with van der Waals surface area (Å²) in [6.07, 6.45) is 0.0918. The summed E-state index contributed by atoms with van der Waals surface area (Å²) in [5.74, 6) is -1.21. The fourth-order valence-corrected chi connectivity index (χ4v) is 3.85. The van der Waals surface area contributed by atoms with Gasteiger partial charge in [0, 0.05) is 31.5 Å². The van der Waals surface area contributed by atoms with Crippen molar-refractivity contribution in [2.24, 2.45) is 0 Å². The molecule has 1 aromatic heterocycles. The molecule has 4 rings (SSSR count). The standard InChI is InChI=1S/C28H26N2O6/c1-30(2)27(32)20-6-4-5-19(14-20)18-9-7-17(8-10-18)13-23(28(33)34)29-26(31)25-16-21-15-22(35-3)11-12-24(21)36-25/h4-12,14-16,23H,13H2,1-3H3,(H,29,31)(H,33,34)/t23-/m0/s1. The molecule has 184 valence electrons. The summed E-state index contributed by atoms with van der Waals surface area (Å²) in [4.78, 5) is 38.4. The van der Waals surface area contributed by atoms with Crippen molar-refractivity contribution >= 4 is 28.8 Å².